The summed E-state index contributed by atoms with van der Waals surface area (Å²) in [6, 6.07) is 8.96. The highest BCUT2D eigenvalue weighted by Gasteiger charge is 2.12. The number of halogens is 2. The minimum Gasteiger partial charge on any atom is -0.496 e. The number of ether oxygens (including phenoxy) is 1. The molecule has 0 fully saturated rings. The lowest BCUT2D eigenvalue weighted by Gasteiger charge is -2.12. The molecule has 2 rings (SSSR count). The fourth-order valence-corrected chi connectivity index (χ4v) is 2.25. The van der Waals surface area contributed by atoms with Crippen LogP contribution in [0.15, 0.2) is 36.4 Å². The molecule has 2 aromatic carbocycles. The van der Waals surface area contributed by atoms with E-state index in [1.807, 2.05) is 18.2 Å². The molecule has 2 aromatic rings. The van der Waals surface area contributed by atoms with Crippen molar-refractivity contribution < 1.29 is 23.1 Å². The third-order valence-corrected chi connectivity index (χ3v) is 3.48. The number of nitrogens with one attached hydrogen (secondary N) is 3. The Morgan fingerprint density at radius 3 is 2.46 bits per heavy atom. The Bertz CT molecular complexity index is 812. The maximum absolute atomic E-state index is 13.8. The molecule has 0 bridgehead atoms. The fraction of sp³-hybridized carbons (Fsp3) is 0.222. The van der Waals surface area contributed by atoms with Gasteiger partial charge in [0, 0.05) is 25.1 Å². The maximum atomic E-state index is 13.8. The highest BCUT2D eigenvalue weighted by atomic mass is 19.1. The standard InChI is InChI=1S/C18H19F2N3O3/c1-11(24)23-16-8-15(13(19)7-14(16)20)21-10-18(25)22-9-12-5-3-4-6-17(12)26-2/h3-8,21H,9-10H2,1-2H3,(H,22,25)(H,23,24). The van der Waals surface area contributed by atoms with Crippen LogP contribution >= 0.6 is 0 Å². The molecule has 0 aliphatic heterocycles. The van der Waals surface area contributed by atoms with Crippen molar-refractivity contribution in [1.29, 1.82) is 0 Å². The number of methoxy groups -OCH3 is 1. The second-order valence-corrected chi connectivity index (χ2v) is 5.44. The van der Waals surface area contributed by atoms with Gasteiger partial charge in [0.1, 0.15) is 17.4 Å². The van der Waals surface area contributed by atoms with Crippen LogP contribution in [0.25, 0.3) is 0 Å². The van der Waals surface area contributed by atoms with Crippen molar-refractivity contribution in [3.63, 3.8) is 0 Å². The third kappa shape index (κ3) is 5.17. The number of amides is 2. The number of hydrogen-bond donors (Lipinski definition) is 3. The molecule has 0 aromatic heterocycles. The Labute approximate surface area is 149 Å². The lowest BCUT2D eigenvalue weighted by atomic mass is 10.2. The summed E-state index contributed by atoms with van der Waals surface area (Å²) in [5.41, 5.74) is 0.530. The van der Waals surface area contributed by atoms with Gasteiger partial charge in [0.2, 0.25) is 11.8 Å². The van der Waals surface area contributed by atoms with Crippen molar-refractivity contribution >= 4 is 23.2 Å². The highest BCUT2D eigenvalue weighted by molar-refractivity contribution is 5.89. The van der Waals surface area contributed by atoms with E-state index in [-0.39, 0.29) is 30.4 Å². The summed E-state index contributed by atoms with van der Waals surface area (Å²) in [4.78, 5) is 23.0. The number of benzene rings is 2. The van der Waals surface area contributed by atoms with Crippen molar-refractivity contribution in [1.82, 2.24) is 5.32 Å². The Balaban J connectivity index is 1.95. The molecule has 0 atom stereocenters. The van der Waals surface area contributed by atoms with Crippen molar-refractivity contribution in [2.45, 2.75) is 13.5 Å². The molecular weight excluding hydrogens is 344 g/mol. The molecule has 0 aliphatic carbocycles. The van der Waals surface area contributed by atoms with Crippen LogP contribution in [0.5, 0.6) is 5.75 Å². The summed E-state index contributed by atoms with van der Waals surface area (Å²) in [5.74, 6) is -2.00. The van der Waals surface area contributed by atoms with Crippen molar-refractivity contribution in [3.05, 3.63) is 53.6 Å². The largest absolute Gasteiger partial charge is 0.496 e. The molecule has 138 valence electrons. The molecule has 6 nitrogen and oxygen atoms in total. The van der Waals surface area contributed by atoms with Crippen LogP contribution < -0.4 is 20.7 Å². The van der Waals surface area contributed by atoms with Gasteiger partial charge in [0.25, 0.3) is 0 Å². The van der Waals surface area contributed by atoms with Gasteiger partial charge in [-0.05, 0) is 12.1 Å². The van der Waals surface area contributed by atoms with Gasteiger partial charge >= 0.3 is 0 Å². The second kappa shape index (κ2) is 8.80. The summed E-state index contributed by atoms with van der Waals surface area (Å²) < 4.78 is 32.6. The van der Waals surface area contributed by atoms with Crippen molar-refractivity contribution in [2.24, 2.45) is 0 Å². The van der Waals surface area contributed by atoms with Crippen LogP contribution in [-0.2, 0) is 16.1 Å². The van der Waals surface area contributed by atoms with Crippen LogP contribution in [0.1, 0.15) is 12.5 Å². The fourth-order valence-electron chi connectivity index (χ4n) is 2.25. The van der Waals surface area contributed by atoms with Gasteiger partial charge < -0.3 is 20.7 Å². The average molecular weight is 363 g/mol. The lowest BCUT2D eigenvalue weighted by molar-refractivity contribution is -0.119. The van der Waals surface area contributed by atoms with Gasteiger partial charge in [-0.3, -0.25) is 9.59 Å². The van der Waals surface area contributed by atoms with Gasteiger partial charge in [0.15, 0.2) is 0 Å². The highest BCUT2D eigenvalue weighted by Crippen LogP contribution is 2.23. The van der Waals surface area contributed by atoms with Gasteiger partial charge in [-0.2, -0.15) is 0 Å². The Morgan fingerprint density at radius 1 is 1.08 bits per heavy atom. The van der Waals surface area contributed by atoms with Crippen LogP contribution in [0.2, 0.25) is 0 Å². The zero-order valence-corrected chi connectivity index (χ0v) is 14.4. The van der Waals surface area contributed by atoms with Crippen LogP contribution in [-0.4, -0.2) is 25.5 Å². The van der Waals surface area contributed by atoms with Crippen LogP contribution in [0, 0.1) is 11.6 Å². The molecule has 0 saturated carbocycles. The minimum atomic E-state index is -0.899. The third-order valence-electron chi connectivity index (χ3n) is 3.48. The molecular formula is C18H19F2N3O3. The molecule has 2 amide bonds. The van der Waals surface area contributed by atoms with Crippen LogP contribution in [0.4, 0.5) is 20.2 Å². The van der Waals surface area contributed by atoms with E-state index >= 15 is 0 Å². The number of para-hydroxylation sites is 1. The smallest absolute Gasteiger partial charge is 0.239 e. The van der Waals surface area contributed by atoms with E-state index in [0.717, 1.165) is 11.6 Å². The molecule has 8 heteroatoms. The average Bonchev–Trinajstić information content (AvgIpc) is 2.61. The Hall–Kier alpha value is -3.16. The first-order valence-electron chi connectivity index (χ1n) is 7.79. The topological polar surface area (TPSA) is 79.5 Å². The van der Waals surface area contributed by atoms with E-state index in [4.69, 9.17) is 4.74 Å². The summed E-state index contributed by atoms with van der Waals surface area (Å²) in [6.07, 6.45) is 0. The first kappa shape index (κ1) is 19.2. The van der Waals surface area contributed by atoms with E-state index in [1.54, 1.807) is 6.07 Å². The predicted octanol–water partition coefficient (Wildman–Crippen LogP) is 2.66. The summed E-state index contributed by atoms with van der Waals surface area (Å²) in [7, 11) is 1.53. The zero-order chi connectivity index (χ0) is 19.1. The summed E-state index contributed by atoms with van der Waals surface area (Å²) in [5, 5.41) is 7.51. The molecule has 3 N–H and O–H groups in total. The summed E-state index contributed by atoms with van der Waals surface area (Å²) in [6.45, 7) is 1.23. The molecule has 0 radical (unpaired) electrons. The van der Waals surface area contributed by atoms with Gasteiger partial charge in [-0.15, -0.1) is 0 Å². The van der Waals surface area contributed by atoms with Crippen molar-refractivity contribution in [3.8, 4) is 5.75 Å². The number of anilines is 2. The van der Waals surface area contributed by atoms with Gasteiger partial charge in [-0.1, -0.05) is 18.2 Å². The second-order valence-electron chi connectivity index (χ2n) is 5.44. The summed E-state index contributed by atoms with van der Waals surface area (Å²) >= 11 is 0. The number of rotatable bonds is 7. The monoisotopic (exact) mass is 363 g/mol. The van der Waals surface area contributed by atoms with E-state index in [9.17, 15) is 18.4 Å². The maximum Gasteiger partial charge on any atom is 0.239 e. The van der Waals surface area contributed by atoms with E-state index < -0.39 is 17.5 Å². The molecule has 0 unspecified atom stereocenters. The first-order valence-corrected chi connectivity index (χ1v) is 7.79. The normalized spacial score (nSPS) is 10.2. The van der Waals surface area contributed by atoms with Gasteiger partial charge in [0.05, 0.1) is 25.0 Å². The number of carbonyl (C=O) groups excluding carboxylic acids is 2. The zero-order valence-electron chi connectivity index (χ0n) is 14.4. The molecule has 0 aliphatic rings. The molecule has 26 heavy (non-hydrogen) atoms. The predicted molar refractivity (Wildman–Crippen MR) is 94.0 cm³/mol. The molecule has 0 spiro atoms. The van der Waals surface area contributed by atoms with Crippen molar-refractivity contribution in [2.75, 3.05) is 24.3 Å². The van der Waals surface area contributed by atoms with Gasteiger partial charge in [-0.25, -0.2) is 8.78 Å². The van der Waals surface area contributed by atoms with E-state index in [1.165, 1.54) is 14.0 Å². The first-order chi connectivity index (χ1) is 12.4. The van der Waals surface area contributed by atoms with E-state index in [2.05, 4.69) is 16.0 Å². The number of hydrogen-bond acceptors (Lipinski definition) is 4. The SMILES string of the molecule is COc1ccccc1CNC(=O)CNc1cc(NC(C)=O)c(F)cc1F. The molecule has 0 heterocycles. The van der Waals surface area contributed by atoms with E-state index in [0.29, 0.717) is 11.8 Å². The molecule has 0 saturated heterocycles. The Kier molecular flexibility index (Phi) is 6.48. The minimum absolute atomic E-state index is 0.0948. The number of carbonyl (C=O) groups is 2. The lowest BCUT2D eigenvalue weighted by Crippen LogP contribution is -2.29. The Morgan fingerprint density at radius 2 is 1.77 bits per heavy atom. The quantitative estimate of drug-likeness (QED) is 0.707. The van der Waals surface area contributed by atoms with Crippen LogP contribution in [0.3, 0.4) is 0 Å².